The Kier molecular flexibility index (Phi) is 7.60. The van der Waals surface area contributed by atoms with Crippen LogP contribution in [0.4, 0.5) is 0 Å². The minimum atomic E-state index is 0.903. The van der Waals surface area contributed by atoms with Crippen LogP contribution in [0.3, 0.4) is 0 Å². The number of hydrogen-bond donors (Lipinski definition) is 0. The summed E-state index contributed by atoms with van der Waals surface area (Å²) < 4.78 is 0. The molecule has 0 aliphatic rings. The first-order chi connectivity index (χ1) is 7.45. The van der Waals surface area contributed by atoms with Gasteiger partial charge < -0.3 is 9.80 Å². The van der Waals surface area contributed by atoms with E-state index in [4.69, 9.17) is 0 Å². The van der Waals surface area contributed by atoms with E-state index in [1.54, 1.807) is 0 Å². The Morgan fingerprint density at radius 1 is 0.750 bits per heavy atom. The highest BCUT2D eigenvalue weighted by molar-refractivity contribution is 5.79. The molecule has 0 amide bonds. The average molecular weight is 226 g/mol. The van der Waals surface area contributed by atoms with Gasteiger partial charge in [-0.2, -0.15) is 0 Å². The lowest BCUT2D eigenvalue weighted by Crippen LogP contribution is -2.19. The van der Waals surface area contributed by atoms with E-state index in [0.717, 1.165) is 37.6 Å². The van der Waals surface area contributed by atoms with Crippen molar-refractivity contribution >= 4 is 11.7 Å². The van der Waals surface area contributed by atoms with Crippen LogP contribution in [-0.4, -0.2) is 62.8 Å². The van der Waals surface area contributed by atoms with Crippen molar-refractivity contribution in [3.05, 3.63) is 0 Å². The van der Waals surface area contributed by atoms with Gasteiger partial charge in [-0.15, -0.1) is 0 Å². The molecule has 0 radical (unpaired) electrons. The highest BCUT2D eigenvalue weighted by Gasteiger charge is 1.93. The first-order valence-electron chi connectivity index (χ1n) is 5.82. The molecule has 4 heteroatoms. The summed E-state index contributed by atoms with van der Waals surface area (Å²) in [6.45, 7) is 5.88. The molecule has 94 valence electrons. The molecule has 0 fully saturated rings. The largest absolute Gasteiger partial charge is 0.367 e. The second-order valence-corrected chi connectivity index (χ2v) is 4.35. The minimum Gasteiger partial charge on any atom is -0.367 e. The average Bonchev–Trinajstić information content (AvgIpc) is 2.21. The molecule has 4 nitrogen and oxygen atoms in total. The second kappa shape index (κ2) is 8.13. The smallest absolute Gasteiger partial charge is 0.0952 e. The molecule has 16 heavy (non-hydrogen) atoms. The Balaban J connectivity index is 3.63. The quantitative estimate of drug-likeness (QED) is 0.406. The van der Waals surface area contributed by atoms with Crippen LogP contribution < -0.4 is 0 Å². The molecule has 0 aromatic carbocycles. The van der Waals surface area contributed by atoms with Gasteiger partial charge in [0.15, 0.2) is 0 Å². The number of rotatable bonds is 5. The van der Waals surface area contributed by atoms with Gasteiger partial charge in [0.2, 0.25) is 0 Å². The summed E-state index contributed by atoms with van der Waals surface area (Å²) in [6, 6.07) is 0. The van der Waals surface area contributed by atoms with Gasteiger partial charge in [0.25, 0.3) is 0 Å². The van der Waals surface area contributed by atoms with Gasteiger partial charge in [-0.25, -0.2) is 0 Å². The second-order valence-electron chi connectivity index (χ2n) is 4.35. The predicted octanol–water partition coefficient (Wildman–Crippen LogP) is 1.73. The molecule has 0 aliphatic heterocycles. The van der Waals surface area contributed by atoms with Crippen molar-refractivity contribution in [3.8, 4) is 0 Å². The van der Waals surface area contributed by atoms with E-state index in [9.17, 15) is 0 Å². The van der Waals surface area contributed by atoms with Crippen molar-refractivity contribution in [2.75, 3.05) is 41.3 Å². The molecule has 0 atom stereocenters. The van der Waals surface area contributed by atoms with E-state index in [1.165, 1.54) is 0 Å². The van der Waals surface area contributed by atoms with Crippen LogP contribution in [0.5, 0.6) is 0 Å². The third kappa shape index (κ3) is 7.26. The predicted molar refractivity (Wildman–Crippen MR) is 72.6 cm³/mol. The summed E-state index contributed by atoms with van der Waals surface area (Å²) in [5.74, 6) is 2.18. The monoisotopic (exact) mass is 226 g/mol. The van der Waals surface area contributed by atoms with Crippen LogP contribution in [-0.2, 0) is 0 Å². The maximum Gasteiger partial charge on any atom is 0.0952 e. The Morgan fingerprint density at radius 3 is 1.31 bits per heavy atom. The standard InChI is InChI=1S/C12H26N4/c1-11(15(3)4)13-9-7-8-10-14-12(2)16(5)6/h7-10H2,1-6H3/b13-11+,14-12+. The van der Waals surface area contributed by atoms with Gasteiger partial charge in [0.05, 0.1) is 11.7 Å². The molecule has 0 saturated heterocycles. The highest BCUT2D eigenvalue weighted by Crippen LogP contribution is 1.94. The van der Waals surface area contributed by atoms with Gasteiger partial charge in [-0.1, -0.05) is 0 Å². The molecule has 0 saturated carbocycles. The third-order valence-corrected chi connectivity index (χ3v) is 2.54. The van der Waals surface area contributed by atoms with E-state index in [-0.39, 0.29) is 0 Å². The Labute approximate surface area is 100 Å². The van der Waals surface area contributed by atoms with E-state index in [2.05, 4.69) is 9.98 Å². The number of aliphatic imine (C=N–C) groups is 2. The Morgan fingerprint density at radius 2 is 1.06 bits per heavy atom. The van der Waals surface area contributed by atoms with Gasteiger partial charge >= 0.3 is 0 Å². The summed E-state index contributed by atoms with van der Waals surface area (Å²) >= 11 is 0. The van der Waals surface area contributed by atoms with Crippen molar-refractivity contribution in [1.29, 1.82) is 0 Å². The molecule has 0 rings (SSSR count). The minimum absolute atomic E-state index is 0.903. The maximum absolute atomic E-state index is 4.46. The summed E-state index contributed by atoms with van der Waals surface area (Å²) in [4.78, 5) is 13.0. The number of nitrogens with zero attached hydrogens (tertiary/aromatic N) is 4. The Bertz CT molecular complexity index is 215. The SMILES string of the molecule is C/C(=N\CCCC/N=C(\C)N(C)C)N(C)C. The van der Waals surface area contributed by atoms with Crippen LogP contribution in [0.15, 0.2) is 9.98 Å². The summed E-state index contributed by atoms with van der Waals surface area (Å²) in [7, 11) is 8.07. The van der Waals surface area contributed by atoms with Crippen LogP contribution in [0, 0.1) is 0 Å². The third-order valence-electron chi connectivity index (χ3n) is 2.54. The summed E-state index contributed by atoms with van der Waals surface area (Å²) in [5, 5.41) is 0. The molecular formula is C12H26N4. The number of hydrogen-bond acceptors (Lipinski definition) is 2. The molecule has 0 aromatic heterocycles. The van der Waals surface area contributed by atoms with Crippen molar-refractivity contribution < 1.29 is 0 Å². The lowest BCUT2D eigenvalue weighted by atomic mass is 10.3. The van der Waals surface area contributed by atoms with E-state index in [1.807, 2.05) is 51.8 Å². The lowest BCUT2D eigenvalue weighted by molar-refractivity contribution is 0.605. The zero-order chi connectivity index (χ0) is 12.6. The molecule has 0 heterocycles. The molecule has 0 bridgehead atoms. The lowest BCUT2D eigenvalue weighted by Gasteiger charge is -2.11. The van der Waals surface area contributed by atoms with E-state index < -0.39 is 0 Å². The fourth-order valence-electron chi connectivity index (χ4n) is 0.988. The fourth-order valence-corrected chi connectivity index (χ4v) is 0.988. The molecule has 0 aliphatic carbocycles. The molecule has 0 unspecified atom stereocenters. The zero-order valence-electron chi connectivity index (χ0n) is 11.6. The highest BCUT2D eigenvalue weighted by atomic mass is 15.1. The molecular weight excluding hydrogens is 200 g/mol. The van der Waals surface area contributed by atoms with Crippen molar-refractivity contribution in [2.45, 2.75) is 26.7 Å². The van der Waals surface area contributed by atoms with Crippen LogP contribution in [0.25, 0.3) is 0 Å². The topological polar surface area (TPSA) is 31.2 Å². The number of amidine groups is 2. The van der Waals surface area contributed by atoms with Gasteiger partial charge in [-0.3, -0.25) is 9.98 Å². The summed E-state index contributed by atoms with van der Waals surface area (Å²) in [5.41, 5.74) is 0. The van der Waals surface area contributed by atoms with Gasteiger partial charge in [-0.05, 0) is 26.7 Å². The molecule has 0 spiro atoms. The first kappa shape index (κ1) is 14.9. The summed E-state index contributed by atoms with van der Waals surface area (Å²) in [6.07, 6.45) is 2.21. The molecule has 0 aromatic rings. The Hall–Kier alpha value is -1.06. The molecule has 0 N–H and O–H groups in total. The van der Waals surface area contributed by atoms with E-state index in [0.29, 0.717) is 0 Å². The van der Waals surface area contributed by atoms with Gasteiger partial charge in [0.1, 0.15) is 0 Å². The van der Waals surface area contributed by atoms with Crippen molar-refractivity contribution in [3.63, 3.8) is 0 Å². The van der Waals surface area contributed by atoms with Crippen molar-refractivity contribution in [2.24, 2.45) is 9.98 Å². The van der Waals surface area contributed by atoms with Gasteiger partial charge in [0, 0.05) is 41.3 Å². The fraction of sp³-hybridized carbons (Fsp3) is 0.833. The number of unbranched alkanes of at least 4 members (excludes halogenated alkanes) is 1. The zero-order valence-corrected chi connectivity index (χ0v) is 11.6. The normalized spacial score (nSPS) is 12.9. The van der Waals surface area contributed by atoms with Crippen LogP contribution in [0.2, 0.25) is 0 Å². The van der Waals surface area contributed by atoms with Crippen LogP contribution >= 0.6 is 0 Å². The first-order valence-corrected chi connectivity index (χ1v) is 5.82. The van der Waals surface area contributed by atoms with E-state index >= 15 is 0 Å². The van der Waals surface area contributed by atoms with Crippen molar-refractivity contribution in [1.82, 2.24) is 9.80 Å². The van der Waals surface area contributed by atoms with Crippen LogP contribution in [0.1, 0.15) is 26.7 Å². The maximum atomic E-state index is 4.46.